The third kappa shape index (κ3) is 4.85. The van der Waals surface area contributed by atoms with Crippen LogP contribution in [0, 0.1) is 11.3 Å². The molecule has 1 aliphatic carbocycles. The topological polar surface area (TPSA) is 46.6 Å². The number of methoxy groups -OCH3 is 1. The van der Waals surface area contributed by atoms with Gasteiger partial charge in [-0.2, -0.15) is 0 Å². The second kappa shape index (κ2) is 9.16. The van der Waals surface area contributed by atoms with Crippen LogP contribution in [-0.2, 0) is 4.74 Å². The Kier molecular flexibility index (Phi) is 7.04. The van der Waals surface area contributed by atoms with Gasteiger partial charge < -0.3 is 4.74 Å². The molecule has 156 valence electrons. The average molecular weight is 525 g/mol. The molecule has 1 fully saturated rings. The molecule has 3 rings (SSSR count). The van der Waals surface area contributed by atoms with Gasteiger partial charge in [-0.25, -0.2) is 7.91 Å². The number of halogens is 1. The fraction of sp³-hybridized carbons (Fsp3) is 0.478. The summed E-state index contributed by atoms with van der Waals surface area (Å²) in [5, 5.41) is 2.70. The van der Waals surface area contributed by atoms with Crippen molar-refractivity contribution < 1.29 is 14.3 Å². The number of esters is 1. The standard InChI is InChI=1S/C23H28INO3S/c1-23(2,3)17-12-10-15(11-13-17)18-14-29-21(19(18)22(27)28-4)25(24)20(26)16-8-6-5-7-9-16/h5-9,14-15,17H,10-13H2,1-4H3/t15-,17+. The van der Waals surface area contributed by atoms with E-state index in [1.165, 1.54) is 18.4 Å². The first-order valence-electron chi connectivity index (χ1n) is 9.99. The summed E-state index contributed by atoms with van der Waals surface area (Å²) in [5.74, 6) is 0.543. The summed E-state index contributed by atoms with van der Waals surface area (Å²) < 4.78 is 6.65. The maximum Gasteiger partial charge on any atom is 0.341 e. The Bertz CT molecular complexity index is 864. The van der Waals surface area contributed by atoms with Gasteiger partial charge in [0, 0.05) is 5.56 Å². The monoisotopic (exact) mass is 525 g/mol. The number of hydrogen-bond acceptors (Lipinski definition) is 4. The zero-order valence-corrected chi connectivity index (χ0v) is 20.4. The lowest BCUT2D eigenvalue weighted by Crippen LogP contribution is -2.26. The normalized spacial score (nSPS) is 19.6. The largest absolute Gasteiger partial charge is 0.465 e. The lowest BCUT2D eigenvalue weighted by Gasteiger charge is -2.37. The minimum Gasteiger partial charge on any atom is -0.465 e. The van der Waals surface area contributed by atoms with Crippen molar-refractivity contribution in [2.75, 3.05) is 10.2 Å². The van der Waals surface area contributed by atoms with Crippen molar-refractivity contribution in [3.05, 3.63) is 52.4 Å². The van der Waals surface area contributed by atoms with E-state index >= 15 is 0 Å². The van der Waals surface area contributed by atoms with Crippen LogP contribution in [0.3, 0.4) is 0 Å². The molecule has 0 unspecified atom stereocenters. The molecule has 0 atom stereocenters. The number of ether oxygens (including phenoxy) is 1. The summed E-state index contributed by atoms with van der Waals surface area (Å²) in [6.45, 7) is 6.93. The summed E-state index contributed by atoms with van der Waals surface area (Å²) in [7, 11) is 1.40. The molecule has 6 heteroatoms. The molecule has 0 radical (unpaired) electrons. The zero-order chi connectivity index (χ0) is 21.2. The number of hydrogen-bond donors (Lipinski definition) is 0. The van der Waals surface area contributed by atoms with Crippen molar-refractivity contribution in [2.24, 2.45) is 11.3 Å². The third-order valence-corrected chi connectivity index (χ3v) is 8.19. The third-order valence-electron chi connectivity index (χ3n) is 5.96. The molecular formula is C23H28INO3S. The van der Waals surface area contributed by atoms with Gasteiger partial charge in [-0.1, -0.05) is 39.0 Å². The quantitative estimate of drug-likeness (QED) is 0.249. The van der Waals surface area contributed by atoms with E-state index in [1.54, 1.807) is 15.2 Å². The molecule has 0 bridgehead atoms. The SMILES string of the molecule is COC(=O)c1c(N(I)C(=O)c2ccccc2)scc1[C@H]1CC[C@@H](C(C)(C)C)CC1. The lowest BCUT2D eigenvalue weighted by atomic mass is 9.68. The van der Waals surface area contributed by atoms with Crippen molar-refractivity contribution >= 4 is 51.1 Å². The highest BCUT2D eigenvalue weighted by Crippen LogP contribution is 2.47. The van der Waals surface area contributed by atoms with E-state index in [0.717, 1.165) is 31.2 Å². The highest BCUT2D eigenvalue weighted by atomic mass is 127. The molecule has 2 aromatic rings. The molecule has 29 heavy (non-hydrogen) atoms. The lowest BCUT2D eigenvalue weighted by molar-refractivity contribution is 0.0599. The number of carbonyl (C=O) groups is 2. The van der Waals surface area contributed by atoms with Crippen LogP contribution in [0.15, 0.2) is 35.7 Å². The maximum atomic E-state index is 12.9. The summed E-state index contributed by atoms with van der Waals surface area (Å²) in [6, 6.07) is 9.13. The van der Waals surface area contributed by atoms with Crippen LogP contribution in [-0.4, -0.2) is 19.0 Å². The number of amides is 1. The Morgan fingerprint density at radius 2 is 1.72 bits per heavy atom. The molecule has 4 nitrogen and oxygen atoms in total. The van der Waals surface area contributed by atoms with Crippen molar-refractivity contribution in [1.82, 2.24) is 0 Å². The summed E-state index contributed by atoms with van der Waals surface area (Å²) in [6.07, 6.45) is 4.46. The Morgan fingerprint density at radius 1 is 1.10 bits per heavy atom. The van der Waals surface area contributed by atoms with E-state index in [4.69, 9.17) is 4.74 Å². The molecular weight excluding hydrogens is 497 g/mol. The molecule has 1 aromatic heterocycles. The minimum absolute atomic E-state index is 0.138. The Labute approximate surface area is 191 Å². The summed E-state index contributed by atoms with van der Waals surface area (Å²) in [5.41, 5.74) is 2.50. The molecule has 0 spiro atoms. The van der Waals surface area contributed by atoms with Crippen LogP contribution < -0.4 is 3.11 Å². The second-order valence-electron chi connectivity index (χ2n) is 8.73. The first kappa shape index (κ1) is 22.3. The van der Waals surface area contributed by atoms with E-state index in [0.29, 0.717) is 33.4 Å². The van der Waals surface area contributed by atoms with Crippen LogP contribution >= 0.6 is 34.2 Å². The molecule has 1 aromatic carbocycles. The Morgan fingerprint density at radius 3 is 2.28 bits per heavy atom. The van der Waals surface area contributed by atoms with Crippen LogP contribution in [0.4, 0.5) is 5.00 Å². The molecule has 1 aliphatic rings. The van der Waals surface area contributed by atoms with Crippen molar-refractivity contribution in [1.29, 1.82) is 0 Å². The molecule has 0 aliphatic heterocycles. The summed E-state index contributed by atoms with van der Waals surface area (Å²) in [4.78, 5) is 25.6. The Balaban J connectivity index is 1.88. The molecule has 0 saturated heterocycles. The van der Waals surface area contributed by atoms with Gasteiger partial charge in [0.1, 0.15) is 5.00 Å². The predicted molar refractivity (Wildman–Crippen MR) is 127 cm³/mol. The molecule has 1 amide bonds. The van der Waals surface area contributed by atoms with Crippen molar-refractivity contribution in [3.63, 3.8) is 0 Å². The van der Waals surface area contributed by atoms with Crippen LogP contribution in [0.25, 0.3) is 0 Å². The van der Waals surface area contributed by atoms with Gasteiger partial charge in [-0.15, -0.1) is 11.3 Å². The van der Waals surface area contributed by atoms with E-state index in [2.05, 4.69) is 20.8 Å². The first-order chi connectivity index (χ1) is 13.7. The second-order valence-corrected chi connectivity index (χ2v) is 10.6. The number of thiophene rings is 1. The highest BCUT2D eigenvalue weighted by molar-refractivity contribution is 14.1. The van der Waals surface area contributed by atoms with Gasteiger partial charge in [0.15, 0.2) is 0 Å². The van der Waals surface area contributed by atoms with Crippen LogP contribution in [0.5, 0.6) is 0 Å². The fourth-order valence-electron chi connectivity index (χ4n) is 4.17. The van der Waals surface area contributed by atoms with E-state index < -0.39 is 0 Å². The van der Waals surface area contributed by atoms with Gasteiger partial charge >= 0.3 is 5.97 Å². The number of rotatable bonds is 4. The maximum absolute atomic E-state index is 12.9. The van der Waals surface area contributed by atoms with Gasteiger partial charge in [0.2, 0.25) is 0 Å². The zero-order valence-electron chi connectivity index (χ0n) is 17.4. The van der Waals surface area contributed by atoms with Gasteiger partial charge in [0.25, 0.3) is 5.91 Å². The van der Waals surface area contributed by atoms with Crippen LogP contribution in [0.1, 0.15) is 78.7 Å². The summed E-state index contributed by atoms with van der Waals surface area (Å²) >= 11 is 3.44. The number of anilines is 1. The molecule has 0 N–H and O–H groups in total. The van der Waals surface area contributed by atoms with Gasteiger partial charge in [-0.05, 0) is 66.0 Å². The Hall–Kier alpha value is -1.41. The minimum atomic E-state index is -0.364. The highest BCUT2D eigenvalue weighted by Gasteiger charge is 2.34. The average Bonchev–Trinajstić information content (AvgIpc) is 3.17. The van der Waals surface area contributed by atoms with Crippen LogP contribution in [0.2, 0.25) is 0 Å². The van der Waals surface area contributed by atoms with E-state index in [1.807, 2.05) is 46.4 Å². The number of carbonyl (C=O) groups excluding carboxylic acids is 2. The molecule has 1 saturated carbocycles. The first-order valence-corrected chi connectivity index (χ1v) is 11.8. The van der Waals surface area contributed by atoms with Gasteiger partial charge in [0.05, 0.1) is 35.5 Å². The smallest absolute Gasteiger partial charge is 0.341 e. The number of nitrogens with zero attached hydrogens (tertiary/aromatic N) is 1. The van der Waals surface area contributed by atoms with Gasteiger partial charge in [-0.3, -0.25) is 4.79 Å². The van der Waals surface area contributed by atoms with E-state index in [-0.39, 0.29) is 11.9 Å². The van der Waals surface area contributed by atoms with E-state index in [9.17, 15) is 9.59 Å². The number of benzene rings is 1. The van der Waals surface area contributed by atoms with Crippen molar-refractivity contribution in [2.45, 2.75) is 52.4 Å². The fourth-order valence-corrected chi connectivity index (χ4v) is 6.07. The van der Waals surface area contributed by atoms with Crippen molar-refractivity contribution in [3.8, 4) is 0 Å². The predicted octanol–water partition coefficient (Wildman–Crippen LogP) is 6.85. The molecule has 1 heterocycles.